The molecule has 0 saturated carbocycles. The van der Waals surface area contributed by atoms with Crippen LogP contribution in [0.4, 0.5) is 0 Å². The third-order valence-electron chi connectivity index (χ3n) is 2.83. The normalized spacial score (nSPS) is 12.5. The van der Waals surface area contributed by atoms with Crippen molar-refractivity contribution in [2.24, 2.45) is 0 Å². The summed E-state index contributed by atoms with van der Waals surface area (Å²) in [6.07, 6.45) is 0. The number of benzene rings is 2. The fourth-order valence-corrected chi connectivity index (χ4v) is 2.05. The summed E-state index contributed by atoms with van der Waals surface area (Å²) in [5.74, 6) is -0.128. The van der Waals surface area contributed by atoms with E-state index in [4.69, 9.17) is 0 Å². The van der Waals surface area contributed by atoms with Crippen molar-refractivity contribution in [2.45, 2.75) is 0 Å². The second-order valence-corrected chi connectivity index (χ2v) is 3.75. The Kier molecular flexibility index (Phi) is 3.70. The molecular formula is C14H10BaO2. The molecule has 0 heterocycles. The second-order valence-electron chi connectivity index (χ2n) is 3.75. The maximum absolute atomic E-state index is 12.1. The van der Waals surface area contributed by atoms with E-state index in [1.807, 2.05) is 0 Å². The Hall–Kier alpha value is -0.649. The van der Waals surface area contributed by atoms with E-state index in [1.165, 1.54) is 0 Å². The zero-order chi connectivity index (χ0) is 11.1. The number of hydrogen-bond acceptors (Lipinski definition) is 2. The standard InChI is InChI=1S/C14H8O2.Ba.2H/c15-13-9-5-1-2-6-10(9)14(16)12-8-4-3-7-11(12)13;;;/h1-8H;;;. The van der Waals surface area contributed by atoms with Gasteiger partial charge in [-0.15, -0.1) is 0 Å². The molecule has 0 radical (unpaired) electrons. The average molecular weight is 348 g/mol. The average Bonchev–Trinajstić information content (AvgIpc) is 2.36. The van der Waals surface area contributed by atoms with Crippen LogP contribution < -0.4 is 0 Å². The quantitative estimate of drug-likeness (QED) is 0.578. The minimum atomic E-state index is -0.0641. The van der Waals surface area contributed by atoms with Crippen molar-refractivity contribution >= 4 is 60.4 Å². The van der Waals surface area contributed by atoms with Crippen molar-refractivity contribution in [3.63, 3.8) is 0 Å². The first-order valence-electron chi connectivity index (χ1n) is 5.06. The molecule has 0 fully saturated rings. The number of carbonyl (C=O) groups is 2. The first kappa shape index (κ1) is 12.8. The van der Waals surface area contributed by atoms with Gasteiger partial charge in [0, 0.05) is 22.3 Å². The summed E-state index contributed by atoms with van der Waals surface area (Å²) in [6, 6.07) is 13.9. The summed E-state index contributed by atoms with van der Waals surface area (Å²) in [5, 5.41) is 0. The summed E-state index contributed by atoms with van der Waals surface area (Å²) >= 11 is 0. The van der Waals surface area contributed by atoms with Crippen molar-refractivity contribution in [2.75, 3.05) is 0 Å². The third-order valence-corrected chi connectivity index (χ3v) is 2.83. The van der Waals surface area contributed by atoms with Crippen molar-refractivity contribution in [1.82, 2.24) is 0 Å². The van der Waals surface area contributed by atoms with Crippen LogP contribution in [0.15, 0.2) is 48.5 Å². The summed E-state index contributed by atoms with van der Waals surface area (Å²) in [7, 11) is 0. The summed E-state index contributed by atoms with van der Waals surface area (Å²) in [6.45, 7) is 0. The van der Waals surface area contributed by atoms with Gasteiger partial charge < -0.3 is 0 Å². The van der Waals surface area contributed by atoms with Crippen LogP contribution in [0.2, 0.25) is 0 Å². The zero-order valence-corrected chi connectivity index (χ0v) is 8.44. The Morgan fingerprint density at radius 3 is 1.00 bits per heavy atom. The molecule has 3 heteroatoms. The Balaban J connectivity index is 0.00000108. The molecule has 1 aliphatic carbocycles. The van der Waals surface area contributed by atoms with E-state index in [-0.39, 0.29) is 60.4 Å². The molecule has 80 valence electrons. The monoisotopic (exact) mass is 348 g/mol. The molecule has 1 aliphatic rings. The maximum atomic E-state index is 12.1. The molecule has 0 amide bonds. The van der Waals surface area contributed by atoms with Crippen LogP contribution in [0, 0.1) is 0 Å². The van der Waals surface area contributed by atoms with Crippen LogP contribution in [0.25, 0.3) is 0 Å². The third kappa shape index (κ3) is 1.96. The molecule has 0 saturated heterocycles. The van der Waals surface area contributed by atoms with Crippen molar-refractivity contribution in [3.8, 4) is 0 Å². The van der Waals surface area contributed by atoms with Gasteiger partial charge in [-0.05, 0) is 0 Å². The summed E-state index contributed by atoms with van der Waals surface area (Å²) < 4.78 is 0. The van der Waals surface area contributed by atoms with Gasteiger partial charge in [0.2, 0.25) is 0 Å². The van der Waals surface area contributed by atoms with E-state index < -0.39 is 0 Å². The van der Waals surface area contributed by atoms with E-state index in [1.54, 1.807) is 48.5 Å². The molecule has 0 bridgehead atoms. The Morgan fingerprint density at radius 2 is 0.765 bits per heavy atom. The van der Waals surface area contributed by atoms with Crippen LogP contribution in [0.1, 0.15) is 31.8 Å². The van der Waals surface area contributed by atoms with Gasteiger partial charge in [-0.25, -0.2) is 0 Å². The van der Waals surface area contributed by atoms with E-state index in [9.17, 15) is 9.59 Å². The number of rotatable bonds is 0. The number of ketones is 2. The van der Waals surface area contributed by atoms with Crippen LogP contribution in [0.5, 0.6) is 0 Å². The topological polar surface area (TPSA) is 34.1 Å². The van der Waals surface area contributed by atoms with E-state index >= 15 is 0 Å². The van der Waals surface area contributed by atoms with Gasteiger partial charge in [-0.3, -0.25) is 9.59 Å². The minimum absolute atomic E-state index is 0. The molecule has 0 spiro atoms. The molecule has 0 N–H and O–H groups in total. The predicted molar refractivity (Wildman–Crippen MR) is 68.3 cm³/mol. The zero-order valence-electron chi connectivity index (χ0n) is 8.44. The van der Waals surface area contributed by atoms with Crippen molar-refractivity contribution in [3.05, 3.63) is 70.8 Å². The Labute approximate surface area is 139 Å². The molecular weight excluding hydrogens is 337 g/mol. The van der Waals surface area contributed by atoms with Crippen LogP contribution >= 0.6 is 0 Å². The molecule has 17 heavy (non-hydrogen) atoms. The molecule has 2 nitrogen and oxygen atoms in total. The first-order valence-corrected chi connectivity index (χ1v) is 5.06. The first-order chi connectivity index (χ1) is 7.79. The van der Waals surface area contributed by atoms with Crippen LogP contribution in [-0.4, -0.2) is 60.4 Å². The van der Waals surface area contributed by atoms with Gasteiger partial charge in [0.15, 0.2) is 11.6 Å². The number of fused-ring (bicyclic) bond motifs is 2. The molecule has 0 atom stereocenters. The molecule has 2 aromatic carbocycles. The van der Waals surface area contributed by atoms with Crippen LogP contribution in [-0.2, 0) is 0 Å². The fourth-order valence-electron chi connectivity index (χ4n) is 2.05. The number of carbonyl (C=O) groups excluding carboxylic acids is 2. The van der Waals surface area contributed by atoms with Gasteiger partial charge in [0.25, 0.3) is 0 Å². The van der Waals surface area contributed by atoms with Gasteiger partial charge in [-0.2, -0.15) is 0 Å². The van der Waals surface area contributed by atoms with Gasteiger partial charge in [-0.1, -0.05) is 48.5 Å². The Bertz CT molecular complexity index is 512. The van der Waals surface area contributed by atoms with Crippen molar-refractivity contribution < 1.29 is 9.59 Å². The van der Waals surface area contributed by atoms with Crippen molar-refractivity contribution in [1.29, 1.82) is 0 Å². The number of hydrogen-bond donors (Lipinski definition) is 0. The molecule has 0 aromatic heterocycles. The van der Waals surface area contributed by atoms with E-state index in [2.05, 4.69) is 0 Å². The van der Waals surface area contributed by atoms with E-state index in [0.29, 0.717) is 22.3 Å². The SMILES string of the molecule is O=C1c2ccccc2C(=O)c2ccccc21.[BaH2]. The van der Waals surface area contributed by atoms with Gasteiger partial charge in [0.1, 0.15) is 0 Å². The van der Waals surface area contributed by atoms with E-state index in [0.717, 1.165) is 0 Å². The summed E-state index contributed by atoms with van der Waals surface area (Å²) in [5.41, 5.74) is 2.02. The van der Waals surface area contributed by atoms with Crippen LogP contribution in [0.3, 0.4) is 0 Å². The fraction of sp³-hybridized carbons (Fsp3) is 0. The molecule has 0 aliphatic heterocycles. The molecule has 0 unspecified atom stereocenters. The summed E-state index contributed by atoms with van der Waals surface area (Å²) in [4.78, 5) is 24.2. The molecule has 2 aromatic rings. The van der Waals surface area contributed by atoms with Gasteiger partial charge >= 0.3 is 48.9 Å². The predicted octanol–water partition coefficient (Wildman–Crippen LogP) is 1.55. The molecule has 3 rings (SSSR count). The second kappa shape index (κ2) is 4.92. The Morgan fingerprint density at radius 1 is 0.529 bits per heavy atom. The van der Waals surface area contributed by atoms with Gasteiger partial charge in [0.05, 0.1) is 0 Å².